The van der Waals surface area contributed by atoms with Gasteiger partial charge in [0, 0.05) is 12.6 Å². The fourth-order valence-corrected chi connectivity index (χ4v) is 3.07. The first kappa shape index (κ1) is 15.0. The Bertz CT molecular complexity index is 453. The van der Waals surface area contributed by atoms with Gasteiger partial charge in [0.15, 0.2) is 0 Å². The van der Waals surface area contributed by atoms with Crippen LogP contribution in [0.2, 0.25) is 0 Å². The summed E-state index contributed by atoms with van der Waals surface area (Å²) in [6.07, 6.45) is 2.43. The molecule has 1 N–H and O–H groups in total. The summed E-state index contributed by atoms with van der Waals surface area (Å²) in [7, 11) is 0. The van der Waals surface area contributed by atoms with Crippen LogP contribution in [0, 0.1) is 11.8 Å². The number of rotatable bonds is 4. The highest BCUT2D eigenvalue weighted by molar-refractivity contribution is 5.87. The molecule has 1 heterocycles. The minimum Gasteiger partial charge on any atom is -0.478 e. The second-order valence-electron chi connectivity index (χ2n) is 6.46. The minimum absolute atomic E-state index is 0.369. The summed E-state index contributed by atoms with van der Waals surface area (Å²) in [6.45, 7) is 9.07. The maximum atomic E-state index is 10.9. The van der Waals surface area contributed by atoms with Gasteiger partial charge in [-0.15, -0.1) is 0 Å². The number of benzene rings is 1. The molecular weight excluding hydrogens is 250 g/mol. The largest absolute Gasteiger partial charge is 0.478 e. The van der Waals surface area contributed by atoms with Crippen molar-refractivity contribution in [3.8, 4) is 0 Å². The molecular formula is C17H25NO2. The maximum absolute atomic E-state index is 10.9. The molecule has 2 rings (SSSR count). The summed E-state index contributed by atoms with van der Waals surface area (Å²) >= 11 is 0. The maximum Gasteiger partial charge on any atom is 0.335 e. The van der Waals surface area contributed by atoms with E-state index in [0.717, 1.165) is 19.0 Å². The van der Waals surface area contributed by atoms with Crippen molar-refractivity contribution in [2.75, 3.05) is 13.1 Å². The average Bonchev–Trinajstić information content (AvgIpc) is 2.40. The van der Waals surface area contributed by atoms with E-state index in [1.54, 1.807) is 12.1 Å². The molecule has 3 heteroatoms. The highest BCUT2D eigenvalue weighted by atomic mass is 16.4. The van der Waals surface area contributed by atoms with Crippen LogP contribution in [-0.4, -0.2) is 29.1 Å². The van der Waals surface area contributed by atoms with Crippen molar-refractivity contribution in [3.63, 3.8) is 0 Å². The van der Waals surface area contributed by atoms with Crippen LogP contribution in [0.1, 0.15) is 55.6 Å². The monoisotopic (exact) mass is 275 g/mol. The third kappa shape index (κ3) is 3.60. The Hall–Kier alpha value is -1.35. The summed E-state index contributed by atoms with van der Waals surface area (Å²) in [5.41, 5.74) is 1.62. The lowest BCUT2D eigenvalue weighted by atomic mass is 9.87. The number of carboxylic acid groups (broad SMARTS) is 1. The number of piperidine rings is 1. The normalized spacial score (nSPS) is 24.0. The van der Waals surface area contributed by atoms with Crippen LogP contribution < -0.4 is 0 Å². The summed E-state index contributed by atoms with van der Waals surface area (Å²) in [5, 5.41) is 8.99. The van der Waals surface area contributed by atoms with Crippen molar-refractivity contribution >= 4 is 5.97 Å². The Balaban J connectivity index is 2.18. The molecule has 3 nitrogen and oxygen atoms in total. The molecule has 0 amide bonds. The zero-order valence-corrected chi connectivity index (χ0v) is 12.7. The van der Waals surface area contributed by atoms with Crippen molar-refractivity contribution in [2.45, 2.75) is 39.7 Å². The van der Waals surface area contributed by atoms with Crippen molar-refractivity contribution in [1.82, 2.24) is 4.90 Å². The van der Waals surface area contributed by atoms with Gasteiger partial charge in [0.05, 0.1) is 5.56 Å². The Labute approximate surface area is 121 Å². The summed E-state index contributed by atoms with van der Waals surface area (Å²) in [4.78, 5) is 13.5. The topological polar surface area (TPSA) is 40.5 Å². The summed E-state index contributed by atoms with van der Waals surface area (Å²) in [5.74, 6) is 0.541. The van der Waals surface area contributed by atoms with E-state index in [0.29, 0.717) is 17.5 Å². The smallest absolute Gasteiger partial charge is 0.335 e. The van der Waals surface area contributed by atoms with Gasteiger partial charge in [0.2, 0.25) is 0 Å². The SMILES string of the molecule is CC(C)CN1CCC(C)C[C@H]1c1ccc(C(=O)O)cc1. The van der Waals surface area contributed by atoms with Crippen LogP contribution in [0.15, 0.2) is 24.3 Å². The van der Waals surface area contributed by atoms with Gasteiger partial charge >= 0.3 is 5.97 Å². The molecule has 0 radical (unpaired) electrons. The second kappa shape index (κ2) is 6.40. The molecule has 0 saturated carbocycles. The Morgan fingerprint density at radius 3 is 2.55 bits per heavy atom. The Morgan fingerprint density at radius 2 is 2.00 bits per heavy atom. The van der Waals surface area contributed by atoms with Gasteiger partial charge in [0.1, 0.15) is 0 Å². The van der Waals surface area contributed by atoms with Gasteiger partial charge in [-0.1, -0.05) is 32.9 Å². The molecule has 110 valence electrons. The van der Waals surface area contributed by atoms with Crippen LogP contribution in [0.25, 0.3) is 0 Å². The number of likely N-dealkylation sites (tertiary alicyclic amines) is 1. The summed E-state index contributed by atoms with van der Waals surface area (Å²) < 4.78 is 0. The lowest BCUT2D eigenvalue weighted by Gasteiger charge is -2.39. The van der Waals surface area contributed by atoms with Crippen LogP contribution in [0.4, 0.5) is 0 Å². The lowest BCUT2D eigenvalue weighted by Crippen LogP contribution is -2.38. The lowest BCUT2D eigenvalue weighted by molar-refractivity contribution is 0.0696. The zero-order chi connectivity index (χ0) is 14.7. The van der Waals surface area contributed by atoms with Crippen LogP contribution in [0.5, 0.6) is 0 Å². The molecule has 1 aromatic rings. The first-order valence-electron chi connectivity index (χ1n) is 7.54. The molecule has 1 aliphatic heterocycles. The van der Waals surface area contributed by atoms with E-state index in [9.17, 15) is 4.79 Å². The molecule has 0 bridgehead atoms. The van der Waals surface area contributed by atoms with E-state index in [4.69, 9.17) is 5.11 Å². The first-order chi connectivity index (χ1) is 9.47. The minimum atomic E-state index is -0.854. The van der Waals surface area contributed by atoms with E-state index < -0.39 is 5.97 Å². The number of nitrogens with zero attached hydrogens (tertiary/aromatic N) is 1. The molecule has 1 saturated heterocycles. The van der Waals surface area contributed by atoms with E-state index in [2.05, 4.69) is 25.7 Å². The van der Waals surface area contributed by atoms with E-state index in [-0.39, 0.29) is 0 Å². The third-order valence-corrected chi connectivity index (χ3v) is 4.12. The summed E-state index contributed by atoms with van der Waals surface area (Å²) in [6, 6.07) is 7.86. The van der Waals surface area contributed by atoms with Gasteiger partial charge < -0.3 is 5.11 Å². The highest BCUT2D eigenvalue weighted by Gasteiger charge is 2.27. The predicted molar refractivity (Wildman–Crippen MR) is 81.0 cm³/mol. The van der Waals surface area contributed by atoms with Crippen LogP contribution in [-0.2, 0) is 0 Å². The van der Waals surface area contributed by atoms with Gasteiger partial charge in [-0.3, -0.25) is 4.90 Å². The highest BCUT2D eigenvalue weighted by Crippen LogP contribution is 2.34. The van der Waals surface area contributed by atoms with Crippen molar-refractivity contribution < 1.29 is 9.90 Å². The number of carboxylic acids is 1. The Kier molecular flexibility index (Phi) is 4.81. The predicted octanol–water partition coefficient (Wildman–Crippen LogP) is 3.81. The van der Waals surface area contributed by atoms with Crippen molar-refractivity contribution in [2.24, 2.45) is 11.8 Å². The zero-order valence-electron chi connectivity index (χ0n) is 12.7. The number of carbonyl (C=O) groups is 1. The molecule has 0 aromatic heterocycles. The third-order valence-electron chi connectivity index (χ3n) is 4.12. The van der Waals surface area contributed by atoms with Gasteiger partial charge in [-0.25, -0.2) is 4.79 Å². The van der Waals surface area contributed by atoms with Gasteiger partial charge in [-0.2, -0.15) is 0 Å². The number of hydrogen-bond acceptors (Lipinski definition) is 2. The Morgan fingerprint density at radius 1 is 1.35 bits per heavy atom. The molecule has 20 heavy (non-hydrogen) atoms. The first-order valence-corrected chi connectivity index (χ1v) is 7.54. The fraction of sp³-hybridized carbons (Fsp3) is 0.588. The van der Waals surface area contributed by atoms with Crippen molar-refractivity contribution in [1.29, 1.82) is 0 Å². The fourth-order valence-electron chi connectivity index (χ4n) is 3.07. The molecule has 1 aromatic carbocycles. The number of aromatic carboxylic acids is 1. The average molecular weight is 275 g/mol. The quantitative estimate of drug-likeness (QED) is 0.908. The van der Waals surface area contributed by atoms with Gasteiger partial charge in [0.25, 0.3) is 0 Å². The number of hydrogen-bond donors (Lipinski definition) is 1. The van der Waals surface area contributed by atoms with E-state index >= 15 is 0 Å². The van der Waals surface area contributed by atoms with E-state index in [1.165, 1.54) is 18.4 Å². The van der Waals surface area contributed by atoms with Gasteiger partial charge in [-0.05, 0) is 48.9 Å². The standard InChI is InChI=1S/C17H25NO2/c1-12(2)11-18-9-8-13(3)10-16(18)14-4-6-15(7-5-14)17(19)20/h4-7,12-13,16H,8-11H2,1-3H3,(H,19,20)/t13?,16-/m0/s1. The van der Waals surface area contributed by atoms with Crippen LogP contribution >= 0.6 is 0 Å². The molecule has 1 fully saturated rings. The molecule has 2 atom stereocenters. The van der Waals surface area contributed by atoms with E-state index in [1.807, 2.05) is 12.1 Å². The molecule has 0 aliphatic carbocycles. The molecule has 1 unspecified atom stereocenters. The van der Waals surface area contributed by atoms with Crippen molar-refractivity contribution in [3.05, 3.63) is 35.4 Å². The second-order valence-corrected chi connectivity index (χ2v) is 6.46. The van der Waals surface area contributed by atoms with Crippen LogP contribution in [0.3, 0.4) is 0 Å². The molecule has 1 aliphatic rings. The molecule has 0 spiro atoms.